The molecule has 1 aromatic rings. The van der Waals surface area contributed by atoms with Crippen molar-refractivity contribution in [3.63, 3.8) is 0 Å². The molecular weight excluding hydrogens is 238 g/mol. The second-order valence-electron chi connectivity index (χ2n) is 3.67. The van der Waals surface area contributed by atoms with E-state index in [1.165, 1.54) is 0 Å². The highest BCUT2D eigenvalue weighted by Crippen LogP contribution is 2.17. The minimum Gasteiger partial charge on any atom is -0.478 e. The van der Waals surface area contributed by atoms with Gasteiger partial charge in [0.1, 0.15) is 11.6 Å². The van der Waals surface area contributed by atoms with Crippen LogP contribution >= 0.6 is 11.6 Å². The maximum Gasteiger partial charge on any atom is 0.218 e. The molecule has 0 fully saturated rings. The molecule has 0 aliphatic carbocycles. The van der Waals surface area contributed by atoms with Crippen LogP contribution in [0.4, 0.5) is 5.82 Å². The summed E-state index contributed by atoms with van der Waals surface area (Å²) >= 11 is 5.72. The largest absolute Gasteiger partial charge is 0.478 e. The third-order valence-electron chi connectivity index (χ3n) is 2.36. The average Bonchev–Trinajstić information content (AvgIpc) is 2.30. The van der Waals surface area contributed by atoms with Gasteiger partial charge in [-0.05, 0) is 27.2 Å². The number of rotatable bonds is 7. The maximum absolute atomic E-state index is 5.72. The van der Waals surface area contributed by atoms with Crippen molar-refractivity contribution in [2.24, 2.45) is 0 Å². The Balaban J connectivity index is 2.85. The van der Waals surface area contributed by atoms with Crippen LogP contribution in [0, 0.1) is 6.92 Å². The molecule has 0 bridgehead atoms. The molecule has 0 aromatic carbocycles. The van der Waals surface area contributed by atoms with Gasteiger partial charge in [-0.2, -0.15) is 4.98 Å². The third-order valence-corrected chi connectivity index (χ3v) is 2.63. The van der Waals surface area contributed by atoms with Crippen LogP contribution in [0.25, 0.3) is 0 Å². The second kappa shape index (κ2) is 7.33. The topological polar surface area (TPSA) is 38.2 Å². The van der Waals surface area contributed by atoms with Gasteiger partial charge in [0.25, 0.3) is 0 Å². The lowest BCUT2D eigenvalue weighted by Gasteiger charge is -2.22. The Morgan fingerprint density at radius 2 is 2.12 bits per heavy atom. The summed E-state index contributed by atoms with van der Waals surface area (Å²) in [4.78, 5) is 10.8. The number of aryl methyl sites for hydroxylation is 1. The summed E-state index contributed by atoms with van der Waals surface area (Å²) in [6, 6.07) is 1.88. The van der Waals surface area contributed by atoms with Crippen molar-refractivity contribution in [3.05, 3.63) is 11.9 Å². The van der Waals surface area contributed by atoms with Crippen LogP contribution in [0.5, 0.6) is 5.88 Å². The Morgan fingerprint density at radius 1 is 1.35 bits per heavy atom. The second-order valence-corrected chi connectivity index (χ2v) is 4.04. The van der Waals surface area contributed by atoms with Crippen molar-refractivity contribution in [3.8, 4) is 5.88 Å². The first kappa shape index (κ1) is 14.0. The monoisotopic (exact) mass is 257 g/mol. The molecule has 1 rings (SSSR count). The molecule has 0 unspecified atom stereocenters. The predicted molar refractivity (Wildman–Crippen MR) is 71.2 cm³/mol. The highest BCUT2D eigenvalue weighted by atomic mass is 35.5. The summed E-state index contributed by atoms with van der Waals surface area (Å²) in [5, 5.41) is 0. The number of halogens is 1. The van der Waals surface area contributed by atoms with Crippen LogP contribution in [0.1, 0.15) is 26.1 Å². The summed E-state index contributed by atoms with van der Waals surface area (Å²) in [6.07, 6.45) is 0.947. The zero-order chi connectivity index (χ0) is 12.7. The summed E-state index contributed by atoms with van der Waals surface area (Å²) in [7, 11) is 0. The molecule has 17 heavy (non-hydrogen) atoms. The Labute approximate surface area is 108 Å². The van der Waals surface area contributed by atoms with Crippen molar-refractivity contribution in [1.82, 2.24) is 9.97 Å². The van der Waals surface area contributed by atoms with E-state index in [0.29, 0.717) is 18.4 Å². The number of alkyl halides is 1. The molecule has 1 aromatic heterocycles. The average molecular weight is 258 g/mol. The fourth-order valence-corrected chi connectivity index (χ4v) is 1.71. The van der Waals surface area contributed by atoms with Gasteiger partial charge < -0.3 is 9.64 Å². The summed E-state index contributed by atoms with van der Waals surface area (Å²) in [5.41, 5.74) is 0. The van der Waals surface area contributed by atoms with E-state index in [1.54, 1.807) is 0 Å². The molecule has 0 radical (unpaired) electrons. The van der Waals surface area contributed by atoms with E-state index in [0.717, 1.165) is 31.2 Å². The molecule has 96 valence electrons. The minimum atomic E-state index is 0.615. The van der Waals surface area contributed by atoms with Gasteiger partial charge in [-0.25, -0.2) is 4.98 Å². The molecule has 0 aliphatic heterocycles. The highest BCUT2D eigenvalue weighted by Gasteiger charge is 2.09. The Bertz CT molecular complexity index is 347. The van der Waals surface area contributed by atoms with Crippen molar-refractivity contribution in [2.45, 2.75) is 27.2 Å². The summed E-state index contributed by atoms with van der Waals surface area (Å²) in [6.45, 7) is 8.35. The van der Waals surface area contributed by atoms with Crippen molar-refractivity contribution in [1.29, 1.82) is 0 Å². The van der Waals surface area contributed by atoms with Crippen LogP contribution in [-0.4, -0.2) is 35.5 Å². The van der Waals surface area contributed by atoms with Crippen molar-refractivity contribution >= 4 is 17.4 Å². The SMILES string of the molecule is CCOc1cc(N(CC)CCCCl)nc(C)n1. The Hall–Kier alpha value is -1.03. The smallest absolute Gasteiger partial charge is 0.218 e. The molecule has 4 nitrogen and oxygen atoms in total. The zero-order valence-electron chi connectivity index (χ0n) is 10.7. The number of hydrogen-bond acceptors (Lipinski definition) is 4. The number of nitrogens with zero attached hydrogens (tertiary/aromatic N) is 3. The zero-order valence-corrected chi connectivity index (χ0v) is 11.5. The number of aromatic nitrogens is 2. The van der Waals surface area contributed by atoms with Crippen LogP contribution in [0.15, 0.2) is 6.07 Å². The van der Waals surface area contributed by atoms with E-state index < -0.39 is 0 Å². The van der Waals surface area contributed by atoms with Gasteiger partial charge in [0.05, 0.1) is 6.61 Å². The van der Waals surface area contributed by atoms with Gasteiger partial charge in [0.2, 0.25) is 5.88 Å². The lowest BCUT2D eigenvalue weighted by atomic mass is 10.4. The summed E-state index contributed by atoms with van der Waals surface area (Å²) < 4.78 is 5.42. The van der Waals surface area contributed by atoms with E-state index in [1.807, 2.05) is 19.9 Å². The van der Waals surface area contributed by atoms with Crippen molar-refractivity contribution < 1.29 is 4.74 Å². The normalized spacial score (nSPS) is 10.4. The van der Waals surface area contributed by atoms with E-state index in [-0.39, 0.29) is 0 Å². The molecule has 0 saturated carbocycles. The Morgan fingerprint density at radius 3 is 2.71 bits per heavy atom. The maximum atomic E-state index is 5.72. The van der Waals surface area contributed by atoms with Crippen LogP contribution in [-0.2, 0) is 0 Å². The first-order valence-corrected chi connectivity index (χ1v) is 6.54. The summed E-state index contributed by atoms with van der Waals surface area (Å²) in [5.74, 6) is 2.95. The fraction of sp³-hybridized carbons (Fsp3) is 0.667. The van der Waals surface area contributed by atoms with Gasteiger partial charge >= 0.3 is 0 Å². The van der Waals surface area contributed by atoms with E-state index in [4.69, 9.17) is 16.3 Å². The number of ether oxygens (including phenoxy) is 1. The van der Waals surface area contributed by atoms with Gasteiger partial charge in [-0.15, -0.1) is 11.6 Å². The van der Waals surface area contributed by atoms with Gasteiger partial charge in [-0.3, -0.25) is 0 Å². The molecule has 0 saturated heterocycles. The molecular formula is C12H20ClN3O. The Kier molecular flexibility index (Phi) is 6.05. The highest BCUT2D eigenvalue weighted by molar-refractivity contribution is 6.17. The van der Waals surface area contributed by atoms with Crippen LogP contribution in [0.3, 0.4) is 0 Å². The lowest BCUT2D eigenvalue weighted by molar-refractivity contribution is 0.325. The molecule has 5 heteroatoms. The van der Waals surface area contributed by atoms with E-state index >= 15 is 0 Å². The number of hydrogen-bond donors (Lipinski definition) is 0. The van der Waals surface area contributed by atoms with Gasteiger partial charge in [-0.1, -0.05) is 0 Å². The first-order chi connectivity index (χ1) is 8.21. The minimum absolute atomic E-state index is 0.615. The molecule has 0 spiro atoms. The molecule has 1 heterocycles. The van der Waals surface area contributed by atoms with E-state index in [2.05, 4.69) is 21.8 Å². The molecule has 0 aliphatic rings. The molecule has 0 amide bonds. The van der Waals surface area contributed by atoms with Gasteiger partial charge in [0.15, 0.2) is 0 Å². The molecule has 0 N–H and O–H groups in total. The lowest BCUT2D eigenvalue weighted by Crippen LogP contribution is -2.25. The van der Waals surface area contributed by atoms with Crippen LogP contribution < -0.4 is 9.64 Å². The third kappa shape index (κ3) is 4.38. The fourth-order valence-electron chi connectivity index (χ4n) is 1.59. The number of anilines is 1. The quantitative estimate of drug-likeness (QED) is 0.704. The van der Waals surface area contributed by atoms with E-state index in [9.17, 15) is 0 Å². The molecule has 0 atom stereocenters. The standard InChI is InChI=1S/C12H20ClN3O/c1-4-16(8-6-7-13)11-9-12(17-5-2)15-10(3)14-11/h9H,4-8H2,1-3H3. The van der Waals surface area contributed by atoms with Gasteiger partial charge in [0, 0.05) is 25.0 Å². The predicted octanol–water partition coefficient (Wildman–Crippen LogP) is 2.64. The first-order valence-electron chi connectivity index (χ1n) is 6.00. The van der Waals surface area contributed by atoms with Crippen LogP contribution in [0.2, 0.25) is 0 Å². The van der Waals surface area contributed by atoms with Crippen molar-refractivity contribution in [2.75, 3.05) is 30.5 Å².